The van der Waals surface area contributed by atoms with Crippen LogP contribution in [0, 0.1) is 0 Å². The summed E-state index contributed by atoms with van der Waals surface area (Å²) in [6.07, 6.45) is 5.47. The maximum atomic E-state index is 4.90. The van der Waals surface area contributed by atoms with Crippen LogP contribution in [0.15, 0.2) is 29.4 Å². The van der Waals surface area contributed by atoms with E-state index >= 15 is 0 Å². The van der Waals surface area contributed by atoms with Crippen molar-refractivity contribution in [2.75, 3.05) is 13.7 Å². The predicted octanol–water partition coefficient (Wildman–Crippen LogP) is 2.18. The Hall–Kier alpha value is -0.890. The number of hydrogen-bond acceptors (Lipinski definition) is 2. The molecule has 62 valence electrons. The molecule has 0 saturated carbocycles. The zero-order valence-electron chi connectivity index (χ0n) is 7.05. The standard InChI is InChI=1S/C9H15NO/c1-4-6-9(10-2)7-5-8-11-3/h4,6H,1-2,5,7-8H2,3H3/b9-6-. The fourth-order valence-electron chi connectivity index (χ4n) is 0.749. The molecule has 0 fully saturated rings. The maximum absolute atomic E-state index is 4.90. The molecular weight excluding hydrogens is 138 g/mol. The van der Waals surface area contributed by atoms with E-state index in [1.165, 1.54) is 0 Å². The molecule has 0 bridgehead atoms. The van der Waals surface area contributed by atoms with Gasteiger partial charge in [-0.3, -0.25) is 4.99 Å². The molecule has 0 aromatic heterocycles. The average molecular weight is 153 g/mol. The lowest BCUT2D eigenvalue weighted by Crippen LogP contribution is -1.88. The number of aliphatic imine (C=N–C) groups is 1. The maximum Gasteiger partial charge on any atom is 0.0466 e. The fourth-order valence-corrected chi connectivity index (χ4v) is 0.749. The first-order valence-corrected chi connectivity index (χ1v) is 3.62. The zero-order chi connectivity index (χ0) is 8.53. The Morgan fingerprint density at radius 1 is 1.64 bits per heavy atom. The summed E-state index contributed by atoms with van der Waals surface area (Å²) >= 11 is 0. The molecule has 0 heterocycles. The molecule has 11 heavy (non-hydrogen) atoms. The van der Waals surface area contributed by atoms with Crippen molar-refractivity contribution in [1.82, 2.24) is 0 Å². The van der Waals surface area contributed by atoms with Crippen molar-refractivity contribution < 1.29 is 4.74 Å². The molecule has 0 aliphatic heterocycles. The van der Waals surface area contributed by atoms with Gasteiger partial charge in [0.2, 0.25) is 0 Å². The van der Waals surface area contributed by atoms with E-state index in [4.69, 9.17) is 4.74 Å². The van der Waals surface area contributed by atoms with Crippen LogP contribution in [0.25, 0.3) is 0 Å². The first kappa shape index (κ1) is 10.1. The fraction of sp³-hybridized carbons (Fsp3) is 0.444. The van der Waals surface area contributed by atoms with E-state index in [2.05, 4.69) is 18.3 Å². The highest BCUT2D eigenvalue weighted by Crippen LogP contribution is 2.05. The second kappa shape index (κ2) is 7.22. The zero-order valence-corrected chi connectivity index (χ0v) is 7.05. The largest absolute Gasteiger partial charge is 0.385 e. The number of methoxy groups -OCH3 is 1. The quantitative estimate of drug-likeness (QED) is 0.325. The van der Waals surface area contributed by atoms with Gasteiger partial charge in [0, 0.05) is 19.4 Å². The van der Waals surface area contributed by atoms with Gasteiger partial charge in [-0.05, 0) is 25.6 Å². The monoisotopic (exact) mass is 153 g/mol. The van der Waals surface area contributed by atoms with Gasteiger partial charge in [-0.1, -0.05) is 12.7 Å². The molecule has 0 aliphatic rings. The van der Waals surface area contributed by atoms with Gasteiger partial charge in [-0.15, -0.1) is 0 Å². The first-order chi connectivity index (χ1) is 5.35. The van der Waals surface area contributed by atoms with Crippen molar-refractivity contribution in [1.29, 1.82) is 0 Å². The molecule has 0 spiro atoms. The number of ether oxygens (including phenoxy) is 1. The summed E-state index contributed by atoms with van der Waals surface area (Å²) in [4.78, 5) is 3.83. The van der Waals surface area contributed by atoms with E-state index in [9.17, 15) is 0 Å². The van der Waals surface area contributed by atoms with E-state index in [1.54, 1.807) is 13.2 Å². The number of nitrogens with zero attached hydrogens (tertiary/aromatic N) is 1. The molecule has 0 aliphatic carbocycles. The van der Waals surface area contributed by atoms with E-state index in [1.807, 2.05) is 6.08 Å². The Kier molecular flexibility index (Phi) is 6.64. The minimum atomic E-state index is 0.768. The molecule has 0 aromatic carbocycles. The normalized spacial score (nSPS) is 11.2. The molecule has 2 heteroatoms. The van der Waals surface area contributed by atoms with Crippen LogP contribution in [0.1, 0.15) is 12.8 Å². The summed E-state index contributed by atoms with van der Waals surface area (Å²) < 4.78 is 4.90. The second-order valence-electron chi connectivity index (χ2n) is 2.15. The number of allylic oxidation sites excluding steroid dienone is 3. The smallest absolute Gasteiger partial charge is 0.0466 e. The third-order valence-corrected chi connectivity index (χ3v) is 1.29. The molecule has 0 amide bonds. The Morgan fingerprint density at radius 3 is 2.82 bits per heavy atom. The first-order valence-electron chi connectivity index (χ1n) is 3.62. The highest BCUT2D eigenvalue weighted by Gasteiger charge is 1.90. The second-order valence-corrected chi connectivity index (χ2v) is 2.15. The summed E-state index contributed by atoms with van der Waals surface area (Å²) in [6, 6.07) is 0. The van der Waals surface area contributed by atoms with Gasteiger partial charge >= 0.3 is 0 Å². The number of rotatable bonds is 6. The highest BCUT2D eigenvalue weighted by atomic mass is 16.5. The summed E-state index contributed by atoms with van der Waals surface area (Å²) in [5, 5.41) is 0. The average Bonchev–Trinajstić information content (AvgIpc) is 2.03. The summed E-state index contributed by atoms with van der Waals surface area (Å²) in [6.45, 7) is 7.80. The molecule has 0 saturated heterocycles. The predicted molar refractivity (Wildman–Crippen MR) is 48.9 cm³/mol. The van der Waals surface area contributed by atoms with Crippen LogP contribution >= 0.6 is 0 Å². The van der Waals surface area contributed by atoms with Crippen LogP contribution in [0.2, 0.25) is 0 Å². The Bertz CT molecular complexity index is 150. The van der Waals surface area contributed by atoms with E-state index in [0.717, 1.165) is 25.1 Å². The van der Waals surface area contributed by atoms with E-state index in [-0.39, 0.29) is 0 Å². The van der Waals surface area contributed by atoms with Crippen LogP contribution in [0.3, 0.4) is 0 Å². The molecular formula is C9H15NO. The van der Waals surface area contributed by atoms with Crippen LogP contribution < -0.4 is 0 Å². The Morgan fingerprint density at radius 2 is 2.36 bits per heavy atom. The third-order valence-electron chi connectivity index (χ3n) is 1.29. The van der Waals surface area contributed by atoms with Gasteiger partial charge in [0.15, 0.2) is 0 Å². The Balaban J connectivity index is 3.60. The molecule has 0 N–H and O–H groups in total. The van der Waals surface area contributed by atoms with Crippen LogP contribution in [-0.2, 0) is 4.74 Å². The molecule has 0 aromatic rings. The lowest BCUT2D eigenvalue weighted by atomic mass is 10.2. The van der Waals surface area contributed by atoms with Crippen LogP contribution in [-0.4, -0.2) is 20.4 Å². The lowest BCUT2D eigenvalue weighted by Gasteiger charge is -1.98. The van der Waals surface area contributed by atoms with E-state index < -0.39 is 0 Å². The van der Waals surface area contributed by atoms with E-state index in [0.29, 0.717) is 0 Å². The van der Waals surface area contributed by atoms with Gasteiger partial charge in [0.25, 0.3) is 0 Å². The number of hydrogen-bond donors (Lipinski definition) is 0. The van der Waals surface area contributed by atoms with Gasteiger partial charge in [0.1, 0.15) is 0 Å². The lowest BCUT2D eigenvalue weighted by molar-refractivity contribution is 0.195. The van der Waals surface area contributed by atoms with Gasteiger partial charge in [-0.25, -0.2) is 0 Å². The Labute approximate surface area is 68.3 Å². The van der Waals surface area contributed by atoms with Crippen molar-refractivity contribution >= 4 is 6.72 Å². The third kappa shape index (κ3) is 5.55. The van der Waals surface area contributed by atoms with Crippen molar-refractivity contribution in [3.8, 4) is 0 Å². The summed E-state index contributed by atoms with van der Waals surface area (Å²) in [5.74, 6) is 0. The van der Waals surface area contributed by atoms with Crippen molar-refractivity contribution in [3.05, 3.63) is 24.4 Å². The summed E-state index contributed by atoms with van der Waals surface area (Å²) in [7, 11) is 1.69. The topological polar surface area (TPSA) is 21.6 Å². The minimum absolute atomic E-state index is 0.768. The molecule has 0 radical (unpaired) electrons. The molecule has 0 unspecified atom stereocenters. The van der Waals surface area contributed by atoms with Gasteiger partial charge in [-0.2, -0.15) is 0 Å². The van der Waals surface area contributed by atoms with Crippen molar-refractivity contribution in [2.45, 2.75) is 12.8 Å². The highest BCUT2D eigenvalue weighted by molar-refractivity contribution is 5.29. The van der Waals surface area contributed by atoms with Crippen molar-refractivity contribution in [3.63, 3.8) is 0 Å². The molecule has 2 nitrogen and oxygen atoms in total. The van der Waals surface area contributed by atoms with Gasteiger partial charge in [0.05, 0.1) is 0 Å². The van der Waals surface area contributed by atoms with Crippen LogP contribution in [0.5, 0.6) is 0 Å². The van der Waals surface area contributed by atoms with Crippen LogP contribution in [0.4, 0.5) is 0 Å². The van der Waals surface area contributed by atoms with Gasteiger partial charge < -0.3 is 4.74 Å². The van der Waals surface area contributed by atoms with Crippen molar-refractivity contribution in [2.24, 2.45) is 4.99 Å². The molecule has 0 rings (SSSR count). The minimum Gasteiger partial charge on any atom is -0.385 e. The molecule has 0 atom stereocenters. The summed E-state index contributed by atoms with van der Waals surface area (Å²) in [5.41, 5.74) is 0.969. The SMILES string of the molecule is C=C/C=C(/CCCOC)N=C.